The number of nitrogen functional groups attached to an aromatic ring is 1. The van der Waals surface area contributed by atoms with Crippen LogP contribution in [0.1, 0.15) is 5.56 Å². The molecule has 12 heavy (non-hydrogen) atoms. The summed E-state index contributed by atoms with van der Waals surface area (Å²) in [6, 6.07) is 4.19. The number of hydrogen-bond acceptors (Lipinski definition) is 3. The van der Waals surface area contributed by atoms with Crippen molar-refractivity contribution in [3.8, 4) is 0 Å². The summed E-state index contributed by atoms with van der Waals surface area (Å²) in [5.74, 6) is 0. The van der Waals surface area contributed by atoms with Crippen molar-refractivity contribution in [3.05, 3.63) is 23.8 Å². The Labute approximate surface area is 70.2 Å². The maximum Gasteiger partial charge on any atom is 0.334 e. The van der Waals surface area contributed by atoms with Crippen LogP contribution in [0.4, 0.5) is 9.57 Å². The summed E-state index contributed by atoms with van der Waals surface area (Å²) in [7, 11) is -4.68. The van der Waals surface area contributed by atoms with Crippen LogP contribution < -0.4 is 5.73 Å². The summed E-state index contributed by atoms with van der Waals surface area (Å²) in [6.07, 6.45) is 0. The summed E-state index contributed by atoms with van der Waals surface area (Å²) >= 11 is 0. The summed E-state index contributed by atoms with van der Waals surface area (Å²) in [4.78, 5) is -0.456. The number of nitrogens with two attached hydrogens (primary N) is 1. The molecule has 0 aliphatic rings. The van der Waals surface area contributed by atoms with E-state index in [1.54, 1.807) is 13.0 Å². The van der Waals surface area contributed by atoms with Crippen molar-refractivity contribution in [3.63, 3.8) is 0 Å². The molecule has 5 heteroatoms. The molecular weight excluding hydrogens is 181 g/mol. The van der Waals surface area contributed by atoms with E-state index in [4.69, 9.17) is 5.73 Å². The van der Waals surface area contributed by atoms with Crippen molar-refractivity contribution in [1.29, 1.82) is 0 Å². The van der Waals surface area contributed by atoms with E-state index in [0.29, 0.717) is 5.56 Å². The minimum absolute atomic E-state index is 0.0278. The highest BCUT2D eigenvalue weighted by atomic mass is 32.3. The van der Waals surface area contributed by atoms with Crippen molar-refractivity contribution in [2.45, 2.75) is 11.8 Å². The zero-order valence-electron chi connectivity index (χ0n) is 6.41. The maximum atomic E-state index is 12.5. The predicted octanol–water partition coefficient (Wildman–Crippen LogP) is 1.24. The Morgan fingerprint density at radius 1 is 1.42 bits per heavy atom. The maximum absolute atomic E-state index is 12.5. The number of hydrogen-bond donors (Lipinski definition) is 1. The van der Waals surface area contributed by atoms with E-state index in [-0.39, 0.29) is 5.69 Å². The molecule has 1 aromatic carbocycles. The number of para-hydroxylation sites is 1. The number of anilines is 1. The normalized spacial score (nSPS) is 11.5. The molecule has 0 heterocycles. The lowest BCUT2D eigenvalue weighted by atomic mass is 10.2. The number of rotatable bonds is 1. The second-order valence-corrected chi connectivity index (χ2v) is 3.74. The van der Waals surface area contributed by atoms with Gasteiger partial charge in [0.05, 0.1) is 5.69 Å². The molecule has 0 aliphatic carbocycles. The first-order valence-electron chi connectivity index (χ1n) is 3.22. The van der Waals surface area contributed by atoms with Crippen LogP contribution in [0.2, 0.25) is 0 Å². The Kier molecular flexibility index (Phi) is 2.06. The fourth-order valence-electron chi connectivity index (χ4n) is 0.866. The molecule has 3 nitrogen and oxygen atoms in total. The molecule has 0 aromatic heterocycles. The Bertz CT molecular complexity index is 400. The lowest BCUT2D eigenvalue weighted by molar-refractivity contribution is 0.552. The number of benzene rings is 1. The van der Waals surface area contributed by atoms with Crippen LogP contribution in [-0.4, -0.2) is 8.42 Å². The largest absolute Gasteiger partial charge is 0.397 e. The van der Waals surface area contributed by atoms with Crippen LogP contribution in [0.25, 0.3) is 0 Å². The highest BCUT2D eigenvalue weighted by Crippen LogP contribution is 2.22. The smallest absolute Gasteiger partial charge is 0.334 e. The summed E-state index contributed by atoms with van der Waals surface area (Å²) in [6.45, 7) is 1.62. The van der Waals surface area contributed by atoms with E-state index in [9.17, 15) is 12.3 Å². The quantitative estimate of drug-likeness (QED) is 0.534. The molecule has 0 unspecified atom stereocenters. The average Bonchev–Trinajstić information content (AvgIpc) is 1.92. The fourth-order valence-corrected chi connectivity index (χ4v) is 1.53. The second kappa shape index (κ2) is 2.75. The van der Waals surface area contributed by atoms with Gasteiger partial charge in [-0.1, -0.05) is 12.1 Å². The van der Waals surface area contributed by atoms with Gasteiger partial charge in [-0.25, -0.2) is 0 Å². The van der Waals surface area contributed by atoms with E-state index in [1.165, 1.54) is 6.07 Å². The van der Waals surface area contributed by atoms with Gasteiger partial charge in [-0.3, -0.25) is 0 Å². The van der Waals surface area contributed by atoms with Crippen LogP contribution >= 0.6 is 0 Å². The van der Waals surface area contributed by atoms with Gasteiger partial charge >= 0.3 is 10.2 Å². The van der Waals surface area contributed by atoms with Crippen LogP contribution in [-0.2, 0) is 10.2 Å². The molecule has 0 fully saturated rings. The van der Waals surface area contributed by atoms with Crippen LogP contribution in [0.3, 0.4) is 0 Å². The van der Waals surface area contributed by atoms with Gasteiger partial charge in [-0.2, -0.15) is 8.42 Å². The lowest BCUT2D eigenvalue weighted by Crippen LogP contribution is -2.00. The van der Waals surface area contributed by atoms with Crippen molar-refractivity contribution in [2.75, 3.05) is 5.73 Å². The molecule has 0 amide bonds. The SMILES string of the molecule is Cc1cccc(S(=O)(=O)F)c1N. The van der Waals surface area contributed by atoms with Gasteiger partial charge in [0.25, 0.3) is 0 Å². The first-order chi connectivity index (χ1) is 5.43. The van der Waals surface area contributed by atoms with Crippen LogP contribution in [0, 0.1) is 6.92 Å². The third kappa shape index (κ3) is 1.55. The zero-order valence-corrected chi connectivity index (χ0v) is 7.23. The van der Waals surface area contributed by atoms with Crippen molar-refractivity contribution in [2.24, 2.45) is 0 Å². The van der Waals surface area contributed by atoms with Gasteiger partial charge in [0.15, 0.2) is 0 Å². The molecule has 0 saturated carbocycles. The minimum atomic E-state index is -4.68. The molecule has 2 N–H and O–H groups in total. The van der Waals surface area contributed by atoms with Crippen molar-refractivity contribution < 1.29 is 12.3 Å². The van der Waals surface area contributed by atoms with E-state index in [1.807, 2.05) is 0 Å². The Morgan fingerprint density at radius 3 is 2.42 bits per heavy atom. The van der Waals surface area contributed by atoms with Crippen molar-refractivity contribution >= 4 is 15.9 Å². The summed E-state index contributed by atoms with van der Waals surface area (Å²) < 4.78 is 33.4. The molecule has 0 saturated heterocycles. The third-order valence-corrected chi connectivity index (χ3v) is 2.43. The Morgan fingerprint density at radius 2 is 2.00 bits per heavy atom. The molecule has 0 aliphatic heterocycles. The second-order valence-electron chi connectivity index (χ2n) is 2.42. The third-order valence-electron chi connectivity index (χ3n) is 1.55. The van der Waals surface area contributed by atoms with E-state index in [2.05, 4.69) is 0 Å². The highest BCUT2D eigenvalue weighted by Gasteiger charge is 2.15. The lowest BCUT2D eigenvalue weighted by Gasteiger charge is -2.02. The summed E-state index contributed by atoms with van der Waals surface area (Å²) in [5, 5.41) is 0. The highest BCUT2D eigenvalue weighted by molar-refractivity contribution is 7.86. The molecule has 0 atom stereocenters. The number of halogens is 1. The molecule has 0 spiro atoms. The van der Waals surface area contributed by atoms with E-state index >= 15 is 0 Å². The summed E-state index contributed by atoms with van der Waals surface area (Å²) in [5.41, 5.74) is 5.87. The Balaban J connectivity index is 3.47. The zero-order chi connectivity index (χ0) is 9.35. The van der Waals surface area contributed by atoms with Gasteiger partial charge < -0.3 is 5.73 Å². The topological polar surface area (TPSA) is 60.2 Å². The average molecular weight is 189 g/mol. The molecule has 0 radical (unpaired) electrons. The van der Waals surface area contributed by atoms with Gasteiger partial charge in [0.2, 0.25) is 0 Å². The Hall–Kier alpha value is -1.10. The minimum Gasteiger partial charge on any atom is -0.397 e. The standard InChI is InChI=1S/C7H8FNO2S/c1-5-3-2-4-6(7(5)9)12(8,10)11/h2-4H,9H2,1H3. The van der Waals surface area contributed by atoms with Gasteiger partial charge in [-0.15, -0.1) is 3.89 Å². The van der Waals surface area contributed by atoms with E-state index in [0.717, 1.165) is 6.07 Å². The van der Waals surface area contributed by atoms with Gasteiger partial charge in [0.1, 0.15) is 4.90 Å². The van der Waals surface area contributed by atoms with Crippen LogP contribution in [0.15, 0.2) is 23.1 Å². The predicted molar refractivity (Wildman–Crippen MR) is 43.9 cm³/mol. The van der Waals surface area contributed by atoms with Crippen molar-refractivity contribution in [1.82, 2.24) is 0 Å². The first kappa shape index (κ1) is 8.99. The molecule has 66 valence electrons. The molecule has 1 rings (SSSR count). The fraction of sp³-hybridized carbons (Fsp3) is 0.143. The van der Waals surface area contributed by atoms with Crippen LogP contribution in [0.5, 0.6) is 0 Å². The molecule has 1 aromatic rings. The number of aryl methyl sites for hydroxylation is 1. The van der Waals surface area contributed by atoms with Gasteiger partial charge in [-0.05, 0) is 18.6 Å². The van der Waals surface area contributed by atoms with Gasteiger partial charge in [0, 0.05) is 0 Å². The molecule has 0 bridgehead atoms. The first-order valence-corrected chi connectivity index (χ1v) is 4.61. The molecular formula is C7H8FNO2S. The van der Waals surface area contributed by atoms with E-state index < -0.39 is 15.1 Å². The monoisotopic (exact) mass is 189 g/mol.